The van der Waals surface area contributed by atoms with Gasteiger partial charge in [0.05, 0.1) is 12.7 Å². The van der Waals surface area contributed by atoms with E-state index < -0.39 is 0 Å². The molecule has 0 atom stereocenters. The summed E-state index contributed by atoms with van der Waals surface area (Å²) in [6.07, 6.45) is 3.69. The van der Waals surface area contributed by atoms with Crippen molar-refractivity contribution in [2.24, 2.45) is 0 Å². The minimum absolute atomic E-state index is 0.0387. The molecule has 3 aromatic rings. The van der Waals surface area contributed by atoms with Crippen molar-refractivity contribution in [3.8, 4) is 0 Å². The summed E-state index contributed by atoms with van der Waals surface area (Å²) in [5, 5.41) is 12.3. The summed E-state index contributed by atoms with van der Waals surface area (Å²) < 4.78 is 6.41. The standard InChI is InChI=1S/C19H21N3O2S2/c1-5-8-25-18-22-21-17(26-18)20-16(23)9-12-11-24-15-7-6-13(10-14(12)15)19(2,3)4/h5-7,10-11H,1,8-9H2,2-4H3,(H,20,21,23). The summed E-state index contributed by atoms with van der Waals surface area (Å²) in [7, 11) is 0. The Morgan fingerprint density at radius 1 is 1.38 bits per heavy atom. The second-order valence-corrected chi connectivity index (χ2v) is 9.16. The Bertz CT molecular complexity index is 938. The highest BCUT2D eigenvalue weighted by Crippen LogP contribution is 2.30. The summed E-state index contributed by atoms with van der Waals surface area (Å²) in [5.41, 5.74) is 2.91. The van der Waals surface area contributed by atoms with E-state index in [9.17, 15) is 4.79 Å². The lowest BCUT2D eigenvalue weighted by atomic mass is 9.86. The first-order valence-electron chi connectivity index (χ1n) is 8.24. The summed E-state index contributed by atoms with van der Waals surface area (Å²) in [4.78, 5) is 12.4. The molecule has 26 heavy (non-hydrogen) atoms. The molecular formula is C19H21N3O2S2. The summed E-state index contributed by atoms with van der Waals surface area (Å²) in [6.45, 7) is 10.2. The van der Waals surface area contributed by atoms with Gasteiger partial charge in [0.15, 0.2) is 4.34 Å². The maximum absolute atomic E-state index is 12.4. The number of thioether (sulfide) groups is 1. The van der Waals surface area contributed by atoms with E-state index in [2.05, 4.69) is 55.0 Å². The highest BCUT2D eigenvalue weighted by Gasteiger charge is 2.17. The van der Waals surface area contributed by atoms with Gasteiger partial charge in [-0.25, -0.2) is 0 Å². The SMILES string of the molecule is C=CCSc1nnc(NC(=O)Cc2coc3ccc(C(C)(C)C)cc23)s1. The van der Waals surface area contributed by atoms with Crippen LogP contribution in [0, 0.1) is 0 Å². The molecule has 0 spiro atoms. The normalized spacial score (nSPS) is 11.7. The molecule has 0 fully saturated rings. The largest absolute Gasteiger partial charge is 0.464 e. The topological polar surface area (TPSA) is 68.0 Å². The van der Waals surface area contributed by atoms with Gasteiger partial charge in [0.25, 0.3) is 0 Å². The molecule has 7 heteroatoms. The van der Waals surface area contributed by atoms with Gasteiger partial charge < -0.3 is 9.73 Å². The zero-order valence-electron chi connectivity index (χ0n) is 15.0. The van der Waals surface area contributed by atoms with Gasteiger partial charge in [-0.3, -0.25) is 4.79 Å². The number of anilines is 1. The van der Waals surface area contributed by atoms with E-state index in [1.165, 1.54) is 28.7 Å². The van der Waals surface area contributed by atoms with E-state index in [1.54, 1.807) is 12.3 Å². The number of hydrogen-bond acceptors (Lipinski definition) is 6. The third-order valence-corrected chi connectivity index (χ3v) is 5.82. The van der Waals surface area contributed by atoms with E-state index in [0.717, 1.165) is 26.6 Å². The smallest absolute Gasteiger partial charge is 0.230 e. The number of nitrogens with one attached hydrogen (secondary N) is 1. The van der Waals surface area contributed by atoms with Crippen molar-refractivity contribution >= 4 is 45.1 Å². The Balaban J connectivity index is 1.73. The summed E-state index contributed by atoms with van der Waals surface area (Å²) in [6, 6.07) is 6.14. The number of fused-ring (bicyclic) bond motifs is 1. The van der Waals surface area contributed by atoms with Crippen molar-refractivity contribution in [3.63, 3.8) is 0 Å². The average molecular weight is 388 g/mol. The maximum atomic E-state index is 12.4. The second-order valence-electron chi connectivity index (χ2n) is 6.92. The molecule has 3 rings (SSSR count). The average Bonchev–Trinajstić information content (AvgIpc) is 3.19. The Labute approximate surface area is 160 Å². The zero-order valence-corrected chi connectivity index (χ0v) is 16.7. The number of aromatic nitrogens is 2. The van der Waals surface area contributed by atoms with Gasteiger partial charge in [0.2, 0.25) is 11.0 Å². The minimum atomic E-state index is -0.134. The van der Waals surface area contributed by atoms with E-state index in [4.69, 9.17) is 4.42 Å². The third kappa shape index (κ3) is 4.34. The van der Waals surface area contributed by atoms with Gasteiger partial charge in [0.1, 0.15) is 5.58 Å². The van der Waals surface area contributed by atoms with E-state index in [1.807, 2.05) is 6.07 Å². The fourth-order valence-corrected chi connectivity index (χ4v) is 4.00. The predicted octanol–water partition coefficient (Wildman–Crippen LogP) is 5.04. The Morgan fingerprint density at radius 2 is 2.19 bits per heavy atom. The van der Waals surface area contributed by atoms with Crippen molar-refractivity contribution in [3.05, 3.63) is 48.2 Å². The molecule has 0 aliphatic heterocycles. The van der Waals surface area contributed by atoms with Crippen LogP contribution in [0.1, 0.15) is 31.9 Å². The number of rotatable bonds is 6. The van der Waals surface area contributed by atoms with Crippen molar-refractivity contribution in [1.82, 2.24) is 10.2 Å². The molecule has 2 heterocycles. The van der Waals surface area contributed by atoms with Crippen LogP contribution in [0.4, 0.5) is 5.13 Å². The fourth-order valence-electron chi connectivity index (χ4n) is 2.47. The lowest BCUT2D eigenvalue weighted by molar-refractivity contribution is -0.115. The Morgan fingerprint density at radius 3 is 2.92 bits per heavy atom. The number of furan rings is 1. The lowest BCUT2D eigenvalue weighted by Crippen LogP contribution is -2.14. The molecule has 1 aromatic carbocycles. The molecule has 1 amide bonds. The van der Waals surface area contributed by atoms with Crippen molar-refractivity contribution in [2.45, 2.75) is 36.9 Å². The molecule has 0 radical (unpaired) electrons. The second kappa shape index (κ2) is 7.63. The number of benzene rings is 1. The van der Waals surface area contributed by atoms with Gasteiger partial charge in [0, 0.05) is 16.7 Å². The molecule has 136 valence electrons. The molecular weight excluding hydrogens is 366 g/mol. The van der Waals surface area contributed by atoms with Crippen molar-refractivity contribution in [1.29, 1.82) is 0 Å². The minimum Gasteiger partial charge on any atom is -0.464 e. The maximum Gasteiger partial charge on any atom is 0.230 e. The molecule has 1 N–H and O–H groups in total. The van der Waals surface area contributed by atoms with E-state index in [0.29, 0.717) is 5.13 Å². The van der Waals surface area contributed by atoms with Crippen LogP contribution in [-0.2, 0) is 16.6 Å². The monoisotopic (exact) mass is 387 g/mol. The van der Waals surface area contributed by atoms with Gasteiger partial charge >= 0.3 is 0 Å². The zero-order chi connectivity index (χ0) is 18.7. The number of carbonyl (C=O) groups is 1. The lowest BCUT2D eigenvalue weighted by Gasteiger charge is -2.18. The highest BCUT2D eigenvalue weighted by atomic mass is 32.2. The molecule has 0 aliphatic rings. The Hall–Kier alpha value is -2.12. The molecule has 0 aliphatic carbocycles. The van der Waals surface area contributed by atoms with Crippen molar-refractivity contribution in [2.75, 3.05) is 11.1 Å². The number of amides is 1. The van der Waals surface area contributed by atoms with Gasteiger partial charge in [-0.15, -0.1) is 16.8 Å². The van der Waals surface area contributed by atoms with E-state index >= 15 is 0 Å². The van der Waals surface area contributed by atoms with E-state index in [-0.39, 0.29) is 17.7 Å². The van der Waals surface area contributed by atoms with Crippen LogP contribution in [0.2, 0.25) is 0 Å². The highest BCUT2D eigenvalue weighted by molar-refractivity contribution is 8.01. The number of hydrogen-bond donors (Lipinski definition) is 1. The predicted molar refractivity (Wildman–Crippen MR) is 108 cm³/mol. The van der Waals surface area contributed by atoms with Crippen LogP contribution in [0.3, 0.4) is 0 Å². The van der Waals surface area contributed by atoms with Gasteiger partial charge in [-0.1, -0.05) is 56.0 Å². The van der Waals surface area contributed by atoms with Crippen LogP contribution in [0.25, 0.3) is 11.0 Å². The van der Waals surface area contributed by atoms with Crippen LogP contribution < -0.4 is 5.32 Å². The van der Waals surface area contributed by atoms with Crippen LogP contribution in [0.15, 0.2) is 45.9 Å². The van der Waals surface area contributed by atoms with Gasteiger partial charge in [-0.2, -0.15) is 0 Å². The van der Waals surface area contributed by atoms with Crippen molar-refractivity contribution < 1.29 is 9.21 Å². The number of nitrogens with zero attached hydrogens (tertiary/aromatic N) is 2. The van der Waals surface area contributed by atoms with Crippen LogP contribution >= 0.6 is 23.1 Å². The van der Waals surface area contributed by atoms with Gasteiger partial charge in [-0.05, 0) is 23.1 Å². The first-order valence-corrected chi connectivity index (χ1v) is 10.0. The first kappa shape index (κ1) is 18.7. The molecule has 0 unspecified atom stereocenters. The molecule has 0 bridgehead atoms. The quantitative estimate of drug-likeness (QED) is 0.364. The summed E-state index contributed by atoms with van der Waals surface area (Å²) in [5.74, 6) is 0.630. The summed E-state index contributed by atoms with van der Waals surface area (Å²) >= 11 is 2.90. The Kier molecular flexibility index (Phi) is 5.48. The molecule has 2 aromatic heterocycles. The fraction of sp³-hybridized carbons (Fsp3) is 0.316. The molecule has 5 nitrogen and oxygen atoms in total. The molecule has 0 saturated heterocycles. The number of carbonyl (C=O) groups excluding carboxylic acids is 1. The van der Waals surface area contributed by atoms with Crippen LogP contribution in [0.5, 0.6) is 0 Å². The molecule has 0 saturated carbocycles. The first-order chi connectivity index (χ1) is 12.4. The van der Waals surface area contributed by atoms with Crippen LogP contribution in [-0.4, -0.2) is 21.9 Å². The third-order valence-electron chi connectivity index (χ3n) is 3.85.